The number of nitrogens with one attached hydrogen (secondary N) is 3. The second kappa shape index (κ2) is 11.6. The van der Waals surface area contributed by atoms with Gasteiger partial charge in [-0.25, -0.2) is 0 Å². The van der Waals surface area contributed by atoms with Crippen LogP contribution in [-0.2, 0) is 40.2 Å². The Balaban J connectivity index is 0.918. The first-order valence-corrected chi connectivity index (χ1v) is 16.3. The SMILES string of the molecule is CC1(C)CCc2c(C(=O)Nc3cnn(C4CCC(C(=O)N5CCc6cc(C7CCC(=O)NC7=O)ccc6C5)CC4)c3)n[nH]c2C1. The van der Waals surface area contributed by atoms with E-state index in [1.165, 1.54) is 5.56 Å². The highest BCUT2D eigenvalue weighted by Gasteiger charge is 2.34. The van der Waals surface area contributed by atoms with E-state index in [0.717, 1.165) is 73.8 Å². The van der Waals surface area contributed by atoms with E-state index in [4.69, 9.17) is 0 Å². The predicted octanol–water partition coefficient (Wildman–Crippen LogP) is 4.21. The fourth-order valence-electron chi connectivity index (χ4n) is 7.66. The van der Waals surface area contributed by atoms with Crippen LogP contribution in [0.25, 0.3) is 0 Å². The van der Waals surface area contributed by atoms with Crippen molar-refractivity contribution in [3.8, 4) is 0 Å². The summed E-state index contributed by atoms with van der Waals surface area (Å²) in [7, 11) is 0. The molecule has 236 valence electrons. The fourth-order valence-corrected chi connectivity index (χ4v) is 7.66. The smallest absolute Gasteiger partial charge is 0.276 e. The molecule has 1 saturated heterocycles. The highest BCUT2D eigenvalue weighted by atomic mass is 16.2. The van der Waals surface area contributed by atoms with Crippen LogP contribution in [0, 0.1) is 11.3 Å². The average molecular weight is 612 g/mol. The Hall–Kier alpha value is -4.28. The van der Waals surface area contributed by atoms with E-state index < -0.39 is 0 Å². The Morgan fingerprint density at radius 1 is 1.02 bits per heavy atom. The Labute approximate surface area is 262 Å². The summed E-state index contributed by atoms with van der Waals surface area (Å²) in [4.78, 5) is 52.4. The quantitative estimate of drug-likeness (QED) is 0.369. The molecule has 2 aliphatic carbocycles. The minimum absolute atomic E-state index is 0.00361. The number of carbonyl (C=O) groups excluding carboxylic acids is 4. The van der Waals surface area contributed by atoms with Gasteiger partial charge in [-0.3, -0.25) is 34.3 Å². The number of benzene rings is 1. The molecule has 11 heteroatoms. The standard InChI is InChI=1S/C34H41N7O4/c1-34(2)13-11-27-28(16-34)38-39-30(27)32(44)36-24-17-35-41(19-24)25-7-5-20(6-8-25)33(45)40-14-12-21-15-22(3-4-23(21)18-40)26-9-10-29(42)37-31(26)43/h3-4,15,17,19-20,25-26H,5-14,16,18H2,1-2H3,(H,36,44)(H,38,39)(H,37,42,43). The van der Waals surface area contributed by atoms with Gasteiger partial charge >= 0.3 is 0 Å². The van der Waals surface area contributed by atoms with Crippen LogP contribution >= 0.6 is 0 Å². The molecule has 4 heterocycles. The zero-order valence-corrected chi connectivity index (χ0v) is 26.0. The first kappa shape index (κ1) is 29.4. The summed E-state index contributed by atoms with van der Waals surface area (Å²) < 4.78 is 1.93. The van der Waals surface area contributed by atoms with Crippen LogP contribution in [0.2, 0.25) is 0 Å². The maximum absolute atomic E-state index is 13.5. The van der Waals surface area contributed by atoms with Crippen LogP contribution in [-0.4, -0.2) is 55.1 Å². The molecule has 0 bridgehead atoms. The maximum atomic E-state index is 13.5. The number of anilines is 1. The van der Waals surface area contributed by atoms with E-state index in [2.05, 4.69) is 45.8 Å². The third-order valence-electron chi connectivity index (χ3n) is 10.4. The van der Waals surface area contributed by atoms with Gasteiger partial charge in [-0.2, -0.15) is 10.2 Å². The minimum atomic E-state index is -0.292. The molecule has 1 aromatic carbocycles. The summed E-state index contributed by atoms with van der Waals surface area (Å²) in [6, 6.07) is 6.29. The van der Waals surface area contributed by atoms with Crippen molar-refractivity contribution in [1.29, 1.82) is 0 Å². The van der Waals surface area contributed by atoms with Gasteiger partial charge in [0.05, 0.1) is 23.8 Å². The molecule has 2 aliphatic heterocycles. The highest BCUT2D eigenvalue weighted by Crippen LogP contribution is 2.37. The summed E-state index contributed by atoms with van der Waals surface area (Å²) in [6.45, 7) is 5.74. The van der Waals surface area contributed by atoms with Gasteiger partial charge in [0.15, 0.2) is 5.69 Å². The average Bonchev–Trinajstić information content (AvgIpc) is 3.66. The molecule has 11 nitrogen and oxygen atoms in total. The van der Waals surface area contributed by atoms with Gasteiger partial charge in [-0.05, 0) is 79.9 Å². The molecule has 45 heavy (non-hydrogen) atoms. The summed E-state index contributed by atoms with van der Waals surface area (Å²) in [5.74, 6) is -0.718. The zero-order valence-electron chi connectivity index (χ0n) is 26.0. The molecule has 1 atom stereocenters. The van der Waals surface area contributed by atoms with Crippen molar-refractivity contribution in [2.24, 2.45) is 11.3 Å². The van der Waals surface area contributed by atoms with Gasteiger partial charge in [0, 0.05) is 42.9 Å². The van der Waals surface area contributed by atoms with Crippen LogP contribution in [0.5, 0.6) is 0 Å². The van der Waals surface area contributed by atoms with Crippen molar-refractivity contribution >= 4 is 29.3 Å². The lowest BCUT2D eigenvalue weighted by Gasteiger charge is -2.35. The molecule has 4 aliphatic rings. The van der Waals surface area contributed by atoms with Crippen molar-refractivity contribution in [2.45, 2.75) is 96.6 Å². The lowest BCUT2D eigenvalue weighted by molar-refractivity contribution is -0.138. The van der Waals surface area contributed by atoms with Gasteiger partial charge in [-0.1, -0.05) is 32.0 Å². The summed E-state index contributed by atoms with van der Waals surface area (Å²) in [5.41, 5.74) is 6.68. The minimum Gasteiger partial charge on any atom is -0.338 e. The summed E-state index contributed by atoms with van der Waals surface area (Å²) in [5, 5.41) is 17.4. The Kier molecular flexibility index (Phi) is 7.57. The van der Waals surface area contributed by atoms with Crippen LogP contribution in [0.1, 0.15) is 109 Å². The molecule has 1 saturated carbocycles. The second-order valence-corrected chi connectivity index (χ2v) is 14.1. The van der Waals surface area contributed by atoms with E-state index in [9.17, 15) is 19.2 Å². The number of piperidine rings is 1. The predicted molar refractivity (Wildman–Crippen MR) is 166 cm³/mol. The van der Waals surface area contributed by atoms with E-state index in [1.54, 1.807) is 6.20 Å². The van der Waals surface area contributed by atoms with Crippen molar-refractivity contribution in [1.82, 2.24) is 30.2 Å². The molecule has 4 amide bonds. The third-order valence-corrected chi connectivity index (χ3v) is 10.4. The molecule has 2 aromatic heterocycles. The largest absolute Gasteiger partial charge is 0.338 e. The van der Waals surface area contributed by atoms with E-state index in [0.29, 0.717) is 37.3 Å². The van der Waals surface area contributed by atoms with Crippen LogP contribution in [0.3, 0.4) is 0 Å². The molecule has 7 rings (SSSR count). The molecule has 0 spiro atoms. The van der Waals surface area contributed by atoms with Gasteiger partial charge in [-0.15, -0.1) is 0 Å². The van der Waals surface area contributed by atoms with Crippen LogP contribution in [0.15, 0.2) is 30.6 Å². The monoisotopic (exact) mass is 611 g/mol. The normalized spacial score (nSPS) is 24.4. The number of nitrogens with zero attached hydrogens (tertiary/aromatic N) is 4. The molecular formula is C34H41N7O4. The molecule has 3 aromatic rings. The number of aromatic nitrogens is 4. The van der Waals surface area contributed by atoms with Crippen molar-refractivity contribution in [3.05, 3.63) is 64.2 Å². The highest BCUT2D eigenvalue weighted by molar-refractivity contribution is 6.04. The maximum Gasteiger partial charge on any atom is 0.276 e. The number of rotatable bonds is 5. The number of fused-ring (bicyclic) bond motifs is 2. The fraction of sp³-hybridized carbons (Fsp3) is 0.529. The topological polar surface area (TPSA) is 142 Å². The van der Waals surface area contributed by atoms with E-state index >= 15 is 0 Å². The number of hydrogen-bond donors (Lipinski definition) is 3. The molecule has 2 fully saturated rings. The number of aromatic amines is 1. The van der Waals surface area contributed by atoms with E-state index in [1.807, 2.05) is 27.9 Å². The molecule has 1 unspecified atom stereocenters. The molecular weight excluding hydrogens is 570 g/mol. The first-order chi connectivity index (χ1) is 21.6. The van der Waals surface area contributed by atoms with Crippen molar-refractivity contribution < 1.29 is 19.2 Å². The zero-order chi connectivity index (χ0) is 31.3. The molecule has 0 radical (unpaired) electrons. The lowest BCUT2D eigenvalue weighted by Crippen LogP contribution is -2.41. The summed E-state index contributed by atoms with van der Waals surface area (Å²) in [6.07, 6.45) is 11.3. The van der Waals surface area contributed by atoms with Gasteiger partial charge in [0.1, 0.15) is 0 Å². The number of amides is 4. The third kappa shape index (κ3) is 5.92. The second-order valence-electron chi connectivity index (χ2n) is 14.1. The number of imide groups is 1. The number of hydrogen-bond acceptors (Lipinski definition) is 6. The number of carbonyl (C=O) groups is 4. The Morgan fingerprint density at radius 2 is 1.84 bits per heavy atom. The van der Waals surface area contributed by atoms with Gasteiger partial charge in [0.25, 0.3) is 5.91 Å². The van der Waals surface area contributed by atoms with Crippen molar-refractivity contribution in [3.63, 3.8) is 0 Å². The van der Waals surface area contributed by atoms with Crippen LogP contribution in [0.4, 0.5) is 5.69 Å². The number of H-pyrrole nitrogens is 1. The van der Waals surface area contributed by atoms with E-state index in [-0.39, 0.29) is 46.9 Å². The van der Waals surface area contributed by atoms with Gasteiger partial charge < -0.3 is 10.2 Å². The lowest BCUT2D eigenvalue weighted by atomic mass is 9.76. The first-order valence-electron chi connectivity index (χ1n) is 16.3. The van der Waals surface area contributed by atoms with Crippen molar-refractivity contribution in [2.75, 3.05) is 11.9 Å². The Bertz CT molecular complexity index is 1660. The summed E-state index contributed by atoms with van der Waals surface area (Å²) >= 11 is 0. The molecule has 3 N–H and O–H groups in total. The Morgan fingerprint density at radius 3 is 2.64 bits per heavy atom. The van der Waals surface area contributed by atoms with Gasteiger partial charge in [0.2, 0.25) is 17.7 Å². The van der Waals surface area contributed by atoms with Crippen LogP contribution < -0.4 is 10.6 Å².